The highest BCUT2D eigenvalue weighted by molar-refractivity contribution is 6.30. The molecule has 1 unspecified atom stereocenters. The Hall–Kier alpha value is -1.75. The molecule has 0 radical (unpaired) electrons. The Morgan fingerprint density at radius 1 is 1.43 bits per heavy atom. The summed E-state index contributed by atoms with van der Waals surface area (Å²) in [6.45, 7) is 5.93. The van der Waals surface area contributed by atoms with Crippen LogP contribution in [0.4, 0.5) is 0 Å². The molecule has 1 N–H and O–H groups in total. The SMILES string of the molecule is CCN(CCC(=O)O)C(=O)C(C)Oc1ccc(Cl)cc1C. The first-order chi connectivity index (χ1) is 9.85. The summed E-state index contributed by atoms with van der Waals surface area (Å²) in [6, 6.07) is 5.17. The molecule has 5 nitrogen and oxygen atoms in total. The van der Waals surface area contributed by atoms with Gasteiger partial charge in [0.2, 0.25) is 0 Å². The summed E-state index contributed by atoms with van der Waals surface area (Å²) in [4.78, 5) is 24.3. The summed E-state index contributed by atoms with van der Waals surface area (Å²) in [7, 11) is 0. The van der Waals surface area contributed by atoms with Gasteiger partial charge in [0, 0.05) is 18.1 Å². The molecular weight excluding hydrogens is 294 g/mol. The first kappa shape index (κ1) is 17.3. The Balaban J connectivity index is 2.70. The third-order valence-corrected chi connectivity index (χ3v) is 3.31. The van der Waals surface area contributed by atoms with Crippen molar-refractivity contribution in [2.45, 2.75) is 33.3 Å². The number of nitrogens with zero attached hydrogens (tertiary/aromatic N) is 1. The van der Waals surface area contributed by atoms with E-state index in [1.807, 2.05) is 6.92 Å². The number of carbonyl (C=O) groups excluding carboxylic acids is 1. The number of halogens is 1. The van der Waals surface area contributed by atoms with Crippen molar-refractivity contribution < 1.29 is 19.4 Å². The number of aliphatic carboxylic acids is 1. The lowest BCUT2D eigenvalue weighted by Gasteiger charge is -2.24. The quantitative estimate of drug-likeness (QED) is 0.840. The Morgan fingerprint density at radius 3 is 2.62 bits per heavy atom. The van der Waals surface area contributed by atoms with Crippen molar-refractivity contribution in [3.63, 3.8) is 0 Å². The zero-order valence-corrected chi connectivity index (χ0v) is 13.2. The molecule has 0 heterocycles. The van der Waals surface area contributed by atoms with Crippen molar-refractivity contribution in [1.29, 1.82) is 0 Å². The van der Waals surface area contributed by atoms with Crippen molar-refractivity contribution in [2.75, 3.05) is 13.1 Å². The molecule has 1 amide bonds. The molecule has 1 aromatic carbocycles. The molecule has 21 heavy (non-hydrogen) atoms. The van der Waals surface area contributed by atoms with Crippen LogP contribution in [-0.4, -0.2) is 41.1 Å². The molecule has 0 spiro atoms. The number of amides is 1. The maximum atomic E-state index is 12.3. The molecule has 0 aliphatic rings. The predicted octanol–water partition coefficient (Wildman–Crippen LogP) is 2.74. The summed E-state index contributed by atoms with van der Waals surface area (Å²) in [5.41, 5.74) is 0.843. The van der Waals surface area contributed by atoms with Crippen LogP contribution in [0.5, 0.6) is 5.75 Å². The summed E-state index contributed by atoms with van der Waals surface area (Å²) < 4.78 is 5.65. The average molecular weight is 314 g/mol. The third kappa shape index (κ3) is 5.27. The summed E-state index contributed by atoms with van der Waals surface area (Å²) in [6.07, 6.45) is -0.759. The van der Waals surface area contributed by atoms with Gasteiger partial charge in [0.15, 0.2) is 6.10 Å². The van der Waals surface area contributed by atoms with E-state index in [0.29, 0.717) is 17.3 Å². The Labute approximate surface area is 129 Å². The van der Waals surface area contributed by atoms with E-state index in [1.165, 1.54) is 4.90 Å². The van der Waals surface area contributed by atoms with E-state index in [4.69, 9.17) is 21.4 Å². The van der Waals surface area contributed by atoms with Gasteiger partial charge in [-0.05, 0) is 44.5 Å². The van der Waals surface area contributed by atoms with Crippen molar-refractivity contribution in [3.8, 4) is 5.75 Å². The van der Waals surface area contributed by atoms with Crippen molar-refractivity contribution in [2.24, 2.45) is 0 Å². The van der Waals surface area contributed by atoms with Gasteiger partial charge in [-0.25, -0.2) is 0 Å². The molecule has 0 fully saturated rings. The molecule has 0 aromatic heterocycles. The molecule has 0 aliphatic carbocycles. The van der Waals surface area contributed by atoms with Crippen LogP contribution in [-0.2, 0) is 9.59 Å². The first-order valence-corrected chi connectivity index (χ1v) is 7.16. The number of aryl methyl sites for hydroxylation is 1. The fourth-order valence-electron chi connectivity index (χ4n) is 1.90. The molecule has 1 atom stereocenters. The number of rotatable bonds is 7. The molecule has 6 heteroatoms. The second kappa shape index (κ2) is 7.88. The first-order valence-electron chi connectivity index (χ1n) is 6.78. The van der Waals surface area contributed by atoms with Crippen LogP contribution in [0.3, 0.4) is 0 Å². The molecular formula is C15H20ClNO4. The van der Waals surface area contributed by atoms with E-state index in [1.54, 1.807) is 32.0 Å². The number of carboxylic acids is 1. The second-order valence-corrected chi connectivity index (χ2v) is 5.17. The average Bonchev–Trinajstić information content (AvgIpc) is 2.42. The van der Waals surface area contributed by atoms with E-state index in [2.05, 4.69) is 0 Å². The highest BCUT2D eigenvalue weighted by Gasteiger charge is 2.22. The van der Waals surface area contributed by atoms with E-state index >= 15 is 0 Å². The van der Waals surface area contributed by atoms with Gasteiger partial charge in [0.1, 0.15) is 5.75 Å². The number of carboxylic acid groups (broad SMARTS) is 1. The highest BCUT2D eigenvalue weighted by atomic mass is 35.5. The lowest BCUT2D eigenvalue weighted by atomic mass is 10.2. The standard InChI is InChI=1S/C15H20ClNO4/c1-4-17(8-7-14(18)19)15(20)11(3)21-13-6-5-12(16)9-10(13)2/h5-6,9,11H,4,7-8H2,1-3H3,(H,18,19). The molecule has 116 valence electrons. The largest absolute Gasteiger partial charge is 0.481 e. The van der Waals surface area contributed by atoms with Crippen molar-refractivity contribution in [3.05, 3.63) is 28.8 Å². The fourth-order valence-corrected chi connectivity index (χ4v) is 2.12. The predicted molar refractivity (Wildman–Crippen MR) is 80.8 cm³/mol. The summed E-state index contributed by atoms with van der Waals surface area (Å²) >= 11 is 5.87. The van der Waals surface area contributed by atoms with Crippen LogP contribution in [0.2, 0.25) is 5.02 Å². The van der Waals surface area contributed by atoms with E-state index < -0.39 is 12.1 Å². The van der Waals surface area contributed by atoms with Crippen LogP contribution >= 0.6 is 11.6 Å². The summed E-state index contributed by atoms with van der Waals surface area (Å²) in [5, 5.41) is 9.30. The highest BCUT2D eigenvalue weighted by Crippen LogP contribution is 2.23. The minimum Gasteiger partial charge on any atom is -0.481 e. The van der Waals surface area contributed by atoms with Crippen molar-refractivity contribution in [1.82, 2.24) is 4.90 Å². The molecule has 0 aliphatic heterocycles. The maximum absolute atomic E-state index is 12.3. The number of hydrogen-bond acceptors (Lipinski definition) is 3. The molecule has 0 saturated carbocycles. The van der Waals surface area contributed by atoms with Gasteiger partial charge in [-0.1, -0.05) is 11.6 Å². The maximum Gasteiger partial charge on any atom is 0.305 e. The van der Waals surface area contributed by atoms with Crippen LogP contribution in [0.25, 0.3) is 0 Å². The summed E-state index contributed by atoms with van der Waals surface area (Å²) in [5.74, 6) is -0.564. The minimum atomic E-state index is -0.927. The van der Waals surface area contributed by atoms with Gasteiger partial charge < -0.3 is 14.7 Å². The Morgan fingerprint density at radius 2 is 2.10 bits per heavy atom. The zero-order valence-electron chi connectivity index (χ0n) is 12.4. The molecule has 0 saturated heterocycles. The second-order valence-electron chi connectivity index (χ2n) is 4.73. The molecule has 1 aromatic rings. The van der Waals surface area contributed by atoms with Crippen molar-refractivity contribution >= 4 is 23.5 Å². The van der Waals surface area contributed by atoms with Gasteiger partial charge in [-0.3, -0.25) is 9.59 Å². The Kier molecular flexibility index (Phi) is 6.49. The van der Waals surface area contributed by atoms with Crippen LogP contribution in [0.15, 0.2) is 18.2 Å². The fraction of sp³-hybridized carbons (Fsp3) is 0.467. The zero-order chi connectivity index (χ0) is 16.0. The lowest BCUT2D eigenvalue weighted by molar-refractivity contribution is -0.140. The lowest BCUT2D eigenvalue weighted by Crippen LogP contribution is -2.41. The van der Waals surface area contributed by atoms with E-state index in [9.17, 15) is 9.59 Å². The number of carbonyl (C=O) groups is 2. The number of benzene rings is 1. The van der Waals surface area contributed by atoms with E-state index in [-0.39, 0.29) is 18.9 Å². The monoisotopic (exact) mass is 313 g/mol. The smallest absolute Gasteiger partial charge is 0.305 e. The topological polar surface area (TPSA) is 66.8 Å². The van der Waals surface area contributed by atoms with E-state index in [0.717, 1.165) is 5.56 Å². The van der Waals surface area contributed by atoms with Crippen LogP contribution < -0.4 is 4.74 Å². The van der Waals surface area contributed by atoms with Gasteiger partial charge in [0.25, 0.3) is 5.91 Å². The third-order valence-electron chi connectivity index (χ3n) is 3.08. The van der Waals surface area contributed by atoms with Crippen LogP contribution in [0.1, 0.15) is 25.8 Å². The normalized spacial score (nSPS) is 11.8. The molecule has 0 bridgehead atoms. The van der Waals surface area contributed by atoms with Crippen LogP contribution in [0, 0.1) is 6.92 Å². The number of ether oxygens (including phenoxy) is 1. The number of likely N-dealkylation sites (N-methyl/N-ethyl adjacent to an activating group) is 1. The Bertz CT molecular complexity index is 518. The molecule has 1 rings (SSSR count). The minimum absolute atomic E-state index is 0.0771. The van der Waals surface area contributed by atoms with Gasteiger partial charge in [-0.15, -0.1) is 0 Å². The van der Waals surface area contributed by atoms with Gasteiger partial charge in [-0.2, -0.15) is 0 Å². The van der Waals surface area contributed by atoms with Gasteiger partial charge >= 0.3 is 5.97 Å². The number of hydrogen-bond donors (Lipinski definition) is 1. The van der Waals surface area contributed by atoms with Gasteiger partial charge in [0.05, 0.1) is 6.42 Å².